The van der Waals surface area contributed by atoms with Crippen molar-refractivity contribution in [2.24, 2.45) is 0 Å². The van der Waals surface area contributed by atoms with Crippen LogP contribution in [0.2, 0.25) is 0 Å². The molecule has 1 heterocycles. The van der Waals surface area contributed by atoms with E-state index in [4.69, 9.17) is 7.85 Å². The van der Waals surface area contributed by atoms with Crippen LogP contribution in [0.4, 0.5) is 0 Å². The van der Waals surface area contributed by atoms with Crippen LogP contribution < -0.4 is 16.7 Å². The van der Waals surface area contributed by atoms with Crippen LogP contribution in [-0.2, 0) is 0 Å². The highest BCUT2D eigenvalue weighted by Gasteiger charge is 1.96. The minimum absolute atomic E-state index is 0.0552. The number of nitrogens with one attached hydrogen (secondary N) is 2. The summed E-state index contributed by atoms with van der Waals surface area (Å²) in [5.41, 5.74) is -0.619. The van der Waals surface area contributed by atoms with Crippen molar-refractivity contribution in [3.05, 3.63) is 26.5 Å². The van der Waals surface area contributed by atoms with Crippen LogP contribution in [0.5, 0.6) is 0 Å². The lowest BCUT2D eigenvalue weighted by Gasteiger charge is -1.94. The molecule has 0 unspecified atom stereocenters. The van der Waals surface area contributed by atoms with Gasteiger partial charge in [-0.25, -0.2) is 4.79 Å². The maximum absolute atomic E-state index is 10.7. The van der Waals surface area contributed by atoms with E-state index in [1.54, 1.807) is 6.92 Å². The van der Waals surface area contributed by atoms with Crippen LogP contribution in [-0.4, -0.2) is 17.8 Å². The molecule has 0 aliphatic rings. The van der Waals surface area contributed by atoms with Crippen LogP contribution in [0, 0.1) is 6.92 Å². The van der Waals surface area contributed by atoms with Gasteiger partial charge >= 0.3 is 5.69 Å². The first-order chi connectivity index (χ1) is 4.61. The van der Waals surface area contributed by atoms with Crippen molar-refractivity contribution in [1.82, 2.24) is 9.97 Å². The first kappa shape index (κ1) is 6.86. The summed E-state index contributed by atoms with van der Waals surface area (Å²) in [6, 6.07) is 0. The highest BCUT2D eigenvalue weighted by atomic mass is 16.2. The second-order valence-corrected chi connectivity index (χ2v) is 1.95. The molecule has 0 spiro atoms. The van der Waals surface area contributed by atoms with Gasteiger partial charge in [0.1, 0.15) is 7.85 Å². The molecule has 4 nitrogen and oxygen atoms in total. The maximum atomic E-state index is 10.7. The van der Waals surface area contributed by atoms with Gasteiger partial charge in [0.2, 0.25) is 5.56 Å². The summed E-state index contributed by atoms with van der Waals surface area (Å²) in [5.74, 6) is 0. The predicted octanol–water partition coefficient (Wildman–Crippen LogP) is -1.83. The molecule has 2 radical (unpaired) electrons. The standard InChI is InChI=1S/C5H5BN2O2/c1-2-3(6)4(9)8-5(10)7-2/h1H3,(H2,7,8,9,10). The summed E-state index contributed by atoms with van der Waals surface area (Å²) >= 11 is 0. The van der Waals surface area contributed by atoms with E-state index in [1.165, 1.54) is 0 Å². The summed E-state index contributed by atoms with van der Waals surface area (Å²) in [6.07, 6.45) is 0. The van der Waals surface area contributed by atoms with Crippen LogP contribution in [0.1, 0.15) is 5.69 Å². The monoisotopic (exact) mass is 136 g/mol. The number of hydrogen-bond donors (Lipinski definition) is 2. The molecule has 0 aliphatic carbocycles. The van der Waals surface area contributed by atoms with Crippen molar-refractivity contribution in [2.75, 3.05) is 0 Å². The Hall–Kier alpha value is -1.26. The minimum atomic E-state index is -0.541. The van der Waals surface area contributed by atoms with Gasteiger partial charge in [-0.3, -0.25) is 9.78 Å². The summed E-state index contributed by atoms with van der Waals surface area (Å²) in [7, 11) is 5.24. The molecule has 5 heteroatoms. The van der Waals surface area contributed by atoms with Crippen LogP contribution >= 0.6 is 0 Å². The third-order valence-electron chi connectivity index (χ3n) is 1.18. The Morgan fingerprint density at radius 1 is 1.30 bits per heavy atom. The molecule has 0 saturated heterocycles. The molecule has 0 aliphatic heterocycles. The Morgan fingerprint density at radius 3 is 2.40 bits per heavy atom. The van der Waals surface area contributed by atoms with E-state index in [-0.39, 0.29) is 5.46 Å². The summed E-state index contributed by atoms with van der Waals surface area (Å²) in [6.45, 7) is 1.56. The maximum Gasteiger partial charge on any atom is 0.325 e. The Kier molecular flexibility index (Phi) is 1.49. The molecular formula is C5H5BN2O2. The molecule has 0 bridgehead atoms. The number of aromatic nitrogens is 2. The highest BCUT2D eigenvalue weighted by molar-refractivity contribution is 6.32. The molecule has 0 fully saturated rings. The SMILES string of the molecule is [B]c1c(C)[nH]c(=O)[nH]c1=O. The number of rotatable bonds is 0. The fraction of sp³-hybridized carbons (Fsp3) is 0.200. The molecule has 0 saturated carbocycles. The van der Waals surface area contributed by atoms with Gasteiger partial charge in [-0.15, -0.1) is 0 Å². The summed E-state index contributed by atoms with van der Waals surface area (Å²) in [5, 5.41) is 0. The topological polar surface area (TPSA) is 65.7 Å². The number of aromatic amines is 2. The third-order valence-corrected chi connectivity index (χ3v) is 1.18. The van der Waals surface area contributed by atoms with E-state index in [1.807, 2.05) is 4.98 Å². The third kappa shape index (κ3) is 1.02. The highest BCUT2D eigenvalue weighted by Crippen LogP contribution is 1.69. The van der Waals surface area contributed by atoms with Gasteiger partial charge in [0.15, 0.2) is 0 Å². The van der Waals surface area contributed by atoms with Gasteiger partial charge in [-0.05, 0) is 12.4 Å². The molecular weight excluding hydrogens is 131 g/mol. The van der Waals surface area contributed by atoms with Crippen LogP contribution in [0.3, 0.4) is 0 Å². The van der Waals surface area contributed by atoms with Gasteiger partial charge < -0.3 is 4.98 Å². The van der Waals surface area contributed by atoms with Crippen molar-refractivity contribution in [3.8, 4) is 0 Å². The molecule has 0 atom stereocenters. The minimum Gasteiger partial charge on any atom is -0.312 e. The van der Waals surface area contributed by atoms with Gasteiger partial charge in [-0.2, -0.15) is 0 Å². The van der Waals surface area contributed by atoms with Gasteiger partial charge in [0.05, 0.1) is 0 Å². The summed E-state index contributed by atoms with van der Waals surface area (Å²) < 4.78 is 0. The predicted molar refractivity (Wildman–Crippen MR) is 37.8 cm³/mol. The van der Waals surface area contributed by atoms with Gasteiger partial charge in [-0.1, -0.05) is 0 Å². The lowest BCUT2D eigenvalue weighted by Crippen LogP contribution is -2.37. The Bertz CT molecular complexity index is 351. The largest absolute Gasteiger partial charge is 0.325 e. The first-order valence-electron chi connectivity index (χ1n) is 2.70. The molecule has 0 amide bonds. The van der Waals surface area contributed by atoms with Crippen molar-refractivity contribution in [3.63, 3.8) is 0 Å². The molecule has 1 rings (SSSR count). The number of H-pyrrole nitrogens is 2. The van der Waals surface area contributed by atoms with Crippen molar-refractivity contribution >= 4 is 13.3 Å². The second-order valence-electron chi connectivity index (χ2n) is 1.95. The van der Waals surface area contributed by atoms with E-state index in [0.29, 0.717) is 5.69 Å². The Morgan fingerprint density at radius 2 is 1.90 bits per heavy atom. The second kappa shape index (κ2) is 2.17. The van der Waals surface area contributed by atoms with E-state index in [9.17, 15) is 9.59 Å². The lowest BCUT2D eigenvalue weighted by molar-refractivity contribution is 1.01. The fourth-order valence-electron chi connectivity index (χ4n) is 0.610. The average Bonchev–Trinajstić information content (AvgIpc) is 1.82. The van der Waals surface area contributed by atoms with Crippen molar-refractivity contribution in [1.29, 1.82) is 0 Å². The first-order valence-corrected chi connectivity index (χ1v) is 2.70. The van der Waals surface area contributed by atoms with Gasteiger partial charge in [0, 0.05) is 5.69 Å². The molecule has 1 aromatic heterocycles. The van der Waals surface area contributed by atoms with E-state index in [0.717, 1.165) is 0 Å². The van der Waals surface area contributed by atoms with E-state index >= 15 is 0 Å². The molecule has 2 N–H and O–H groups in total. The average molecular weight is 136 g/mol. The molecule has 0 aromatic carbocycles. The fourth-order valence-corrected chi connectivity index (χ4v) is 0.610. The van der Waals surface area contributed by atoms with Crippen LogP contribution in [0.15, 0.2) is 9.59 Å². The quantitative estimate of drug-likeness (QED) is 0.411. The molecule has 1 aromatic rings. The normalized spacial score (nSPS) is 9.70. The zero-order chi connectivity index (χ0) is 7.72. The van der Waals surface area contributed by atoms with Crippen molar-refractivity contribution in [2.45, 2.75) is 6.92 Å². The molecule has 10 heavy (non-hydrogen) atoms. The number of hydrogen-bond acceptors (Lipinski definition) is 2. The Labute approximate surface area is 57.7 Å². The van der Waals surface area contributed by atoms with Gasteiger partial charge in [0.25, 0.3) is 0 Å². The lowest BCUT2D eigenvalue weighted by atomic mass is 9.97. The van der Waals surface area contributed by atoms with Crippen molar-refractivity contribution < 1.29 is 0 Å². The van der Waals surface area contributed by atoms with E-state index in [2.05, 4.69) is 4.98 Å². The molecule has 50 valence electrons. The van der Waals surface area contributed by atoms with E-state index < -0.39 is 11.2 Å². The van der Waals surface area contributed by atoms with Crippen LogP contribution in [0.25, 0.3) is 0 Å². The smallest absolute Gasteiger partial charge is 0.312 e. The Balaban J connectivity index is 3.62. The zero-order valence-electron chi connectivity index (χ0n) is 5.39. The zero-order valence-corrected chi connectivity index (χ0v) is 5.39. The summed E-state index contributed by atoms with van der Waals surface area (Å²) in [4.78, 5) is 25.5. The number of aryl methyl sites for hydroxylation is 1.